The van der Waals surface area contributed by atoms with E-state index in [1.807, 2.05) is 76.9 Å². The minimum Gasteiger partial charge on any atom is -0.379 e. The van der Waals surface area contributed by atoms with Crippen molar-refractivity contribution in [1.29, 1.82) is 0 Å². The second-order valence-electron chi connectivity index (χ2n) is 17.9. The van der Waals surface area contributed by atoms with E-state index in [1.165, 1.54) is 0 Å². The van der Waals surface area contributed by atoms with Gasteiger partial charge in [-0.05, 0) is 54.1 Å². The molecule has 2 fully saturated rings. The number of halogens is 1. The molecular weight excluding hydrogens is 1110 g/mol. The zero-order valence-electron chi connectivity index (χ0n) is 42.2. The summed E-state index contributed by atoms with van der Waals surface area (Å²) in [5.41, 5.74) is 13.4. The molecule has 0 spiro atoms. The molecule has 2 saturated heterocycles. The van der Waals surface area contributed by atoms with Gasteiger partial charge >= 0.3 is 0 Å². The smallest absolute Gasteiger partial charge is 0.291 e. The fourth-order valence-corrected chi connectivity index (χ4v) is 12.5. The predicted octanol–water partition coefficient (Wildman–Crippen LogP) is 6.79. The number of sulfonamides is 1. The Hall–Kier alpha value is -7.47. The van der Waals surface area contributed by atoms with Gasteiger partial charge in [-0.1, -0.05) is 82.8 Å². The van der Waals surface area contributed by atoms with Gasteiger partial charge in [0.25, 0.3) is 14.4 Å². The number of anilines is 4. The Morgan fingerprint density at radius 2 is 1.14 bits per heavy atom. The lowest BCUT2D eigenvalue weighted by Crippen LogP contribution is -2.38. The maximum Gasteiger partial charge on any atom is 0.291 e. The lowest BCUT2D eigenvalue weighted by atomic mass is 10.1. The summed E-state index contributed by atoms with van der Waals surface area (Å²) in [7, 11) is -7.28. The summed E-state index contributed by atoms with van der Waals surface area (Å²) in [6, 6.07) is 28.7. The quantitative estimate of drug-likeness (QED) is 0.0839. The third kappa shape index (κ3) is 15.0. The summed E-state index contributed by atoms with van der Waals surface area (Å²) in [4.78, 5) is 22.7. The molecule has 408 valence electrons. The van der Waals surface area contributed by atoms with Crippen LogP contribution in [0.1, 0.15) is 5.56 Å². The number of pyridine rings is 4. The first-order valence-corrected chi connectivity index (χ1v) is 29.9. The number of nitrogens with one attached hydrogen (secondary N) is 2. The van der Waals surface area contributed by atoms with Gasteiger partial charge in [0.05, 0.1) is 79.7 Å². The molecule has 2 aliphatic rings. The summed E-state index contributed by atoms with van der Waals surface area (Å²) in [6.07, 6.45) is 11.4. The van der Waals surface area contributed by atoms with Gasteiger partial charge in [0.2, 0.25) is 24.4 Å². The van der Waals surface area contributed by atoms with Crippen LogP contribution < -0.4 is 15.8 Å². The molecule has 2 aliphatic heterocycles. The second-order valence-corrected chi connectivity index (χ2v) is 24.3. The number of morpholine rings is 2. The Bertz CT molecular complexity index is 3860. The number of hydrogen-bond donors (Lipinski definition) is 3. The molecule has 2 aromatic carbocycles. The number of sulfone groups is 1. The number of benzene rings is 2. The topological polar surface area (TPSA) is 282 Å². The molecule has 28 heteroatoms. The minimum atomic E-state index is -3.86. The van der Waals surface area contributed by atoms with Crippen molar-refractivity contribution in [2.75, 3.05) is 81.5 Å². The average molecular weight is 1160 g/mol. The van der Waals surface area contributed by atoms with Gasteiger partial charge in [0.1, 0.15) is 11.0 Å². The summed E-state index contributed by atoms with van der Waals surface area (Å²) < 4.78 is 66.1. The van der Waals surface area contributed by atoms with Crippen LogP contribution >= 0.6 is 34.3 Å². The van der Waals surface area contributed by atoms with Crippen LogP contribution in [0.25, 0.3) is 44.3 Å². The van der Waals surface area contributed by atoms with E-state index in [4.69, 9.17) is 26.8 Å². The Labute approximate surface area is 467 Å². The van der Waals surface area contributed by atoms with Crippen molar-refractivity contribution in [2.24, 2.45) is 0 Å². The fourth-order valence-electron chi connectivity index (χ4n) is 8.17. The number of ether oxygens (including phenoxy) is 2. The highest BCUT2D eigenvalue weighted by atomic mass is 35.5. The summed E-state index contributed by atoms with van der Waals surface area (Å²) in [6.45, 7) is 10.7. The van der Waals surface area contributed by atoms with Crippen LogP contribution in [0.2, 0.25) is 5.15 Å². The summed E-state index contributed by atoms with van der Waals surface area (Å²) in [5.74, 6) is 0.418. The highest BCUT2D eigenvalue weighted by Crippen LogP contribution is 2.28. The summed E-state index contributed by atoms with van der Waals surface area (Å²) in [5, 5.41) is 27.8. The third-order valence-electron chi connectivity index (χ3n) is 12.3. The molecular formula is C51H52ClN17O6S4. The van der Waals surface area contributed by atoms with Crippen LogP contribution in [-0.4, -0.2) is 152 Å². The lowest BCUT2D eigenvalue weighted by molar-refractivity contribution is 0.0359. The lowest BCUT2D eigenvalue weighted by Gasteiger charge is -2.26. The van der Waals surface area contributed by atoms with Crippen molar-refractivity contribution in [3.8, 4) is 22.3 Å². The Morgan fingerprint density at radius 3 is 1.72 bits per heavy atom. The predicted molar refractivity (Wildman–Crippen MR) is 303 cm³/mol. The van der Waals surface area contributed by atoms with Gasteiger partial charge in [-0.2, -0.15) is 18.6 Å². The first-order chi connectivity index (χ1) is 38.4. The highest BCUT2D eigenvalue weighted by molar-refractivity contribution is 7.94. The van der Waals surface area contributed by atoms with E-state index in [2.05, 4.69) is 70.4 Å². The van der Waals surface area contributed by atoms with Crippen molar-refractivity contribution in [1.82, 2.24) is 69.7 Å². The number of hydrogen-bond acceptors (Lipinski definition) is 22. The van der Waals surface area contributed by atoms with Gasteiger partial charge in [-0.15, -0.1) is 20.4 Å². The second kappa shape index (κ2) is 25.5. The Balaban J connectivity index is 0.000000149. The number of rotatable bonds is 16. The largest absolute Gasteiger partial charge is 0.379 e. The van der Waals surface area contributed by atoms with E-state index in [0.29, 0.717) is 27.3 Å². The molecule has 0 bridgehead atoms. The molecule has 8 aromatic heterocycles. The maximum absolute atomic E-state index is 12.7. The number of para-hydroxylation sites is 1. The monoisotopic (exact) mass is 1160 g/mol. The molecule has 0 amide bonds. The number of nitrogens with two attached hydrogens (primary N) is 1. The van der Waals surface area contributed by atoms with Gasteiger partial charge in [-0.3, -0.25) is 33.9 Å². The average Bonchev–Trinajstić information content (AvgIpc) is 4.38. The fraction of sp³-hybridized carbons (Fsp3) is 0.255. The van der Waals surface area contributed by atoms with Crippen LogP contribution in [0.15, 0.2) is 143 Å². The maximum atomic E-state index is 12.7. The van der Waals surface area contributed by atoms with E-state index in [9.17, 15) is 16.8 Å². The van der Waals surface area contributed by atoms with Gasteiger partial charge < -0.3 is 20.5 Å². The van der Waals surface area contributed by atoms with Gasteiger partial charge in [0.15, 0.2) is 0 Å². The molecule has 4 N–H and O–H groups in total. The number of fused-ring (bicyclic) bond motifs is 2. The molecule has 0 radical (unpaired) electrons. The third-order valence-corrected chi connectivity index (χ3v) is 17.9. The van der Waals surface area contributed by atoms with E-state index >= 15 is 0 Å². The van der Waals surface area contributed by atoms with Crippen LogP contribution in [0.4, 0.5) is 21.8 Å². The molecule has 10 aromatic rings. The normalized spacial score (nSPS) is 14.3. The Kier molecular flexibility index (Phi) is 17.7. The standard InChI is InChI=1S/C25H25N9O3S2.C17H18ClN5O.C9H9N3O2S2/c35-39(36,32-20-4-2-1-3-5-20)25-31-30-24(38-25)29-23-7-6-21-22(28-23)14-18(15-26-21)19-16-27-34(17-19)9-8-33-10-12-37-13-11-33;18-17-2-1-15-16(21-17)9-13(10-19-15)14-11-20-23(12-14)4-3-22-5-7-24-8-6-22;10-8-11-12-9(15-8)16(13,14)6-7-4-2-1-3-5-7/h1-7,14-17,32H,8-13H2,(H,28,29,30);1-2,9-12H,3-8H2;1-5H,6H2,(H2,10,11). The van der Waals surface area contributed by atoms with Gasteiger partial charge in [-0.25, -0.2) is 18.4 Å². The number of nitrogen functional groups attached to an aromatic ring is 1. The molecule has 12 rings (SSSR count). The summed E-state index contributed by atoms with van der Waals surface area (Å²) >= 11 is 7.76. The first kappa shape index (κ1) is 54.9. The molecule has 10 heterocycles. The van der Waals surface area contributed by atoms with Crippen LogP contribution in [-0.2, 0) is 48.2 Å². The van der Waals surface area contributed by atoms with E-state index < -0.39 is 19.9 Å². The van der Waals surface area contributed by atoms with Gasteiger partial charge in [0, 0.05) is 92.0 Å². The van der Waals surface area contributed by atoms with Crippen molar-refractivity contribution >= 4 is 98.0 Å². The van der Waals surface area contributed by atoms with Crippen molar-refractivity contribution in [3.63, 3.8) is 0 Å². The van der Waals surface area contributed by atoms with Crippen LogP contribution in [0, 0.1) is 0 Å². The first-order valence-electron chi connectivity index (χ1n) is 24.8. The molecule has 23 nitrogen and oxygen atoms in total. The minimum absolute atomic E-state index is 0.0335. The Morgan fingerprint density at radius 1 is 0.582 bits per heavy atom. The van der Waals surface area contributed by atoms with Crippen LogP contribution in [0.5, 0.6) is 0 Å². The van der Waals surface area contributed by atoms with Crippen molar-refractivity contribution in [2.45, 2.75) is 27.5 Å². The molecule has 0 aliphatic carbocycles. The zero-order valence-corrected chi connectivity index (χ0v) is 46.2. The molecule has 0 atom stereocenters. The SMILES string of the molecule is Clc1ccc2ncc(-c3cnn(CCN4CCOCC4)c3)cc2n1.Nc1nnc(S(=O)(=O)Cc2ccccc2)s1.O=S(=O)(Nc1ccccc1)c1nnc(Nc2ccc3ncc(-c4cnn(CCN5CCOCC5)c4)cc3n2)s1. The van der Waals surface area contributed by atoms with Crippen LogP contribution in [0.3, 0.4) is 0 Å². The van der Waals surface area contributed by atoms with Crippen molar-refractivity contribution < 1.29 is 26.3 Å². The molecule has 0 saturated carbocycles. The molecule has 79 heavy (non-hydrogen) atoms. The van der Waals surface area contributed by atoms with E-state index in [-0.39, 0.29) is 19.6 Å². The molecule has 0 unspecified atom stereocenters. The number of nitrogens with zero attached hydrogens (tertiary/aromatic N) is 14. The van der Waals surface area contributed by atoms with E-state index in [1.54, 1.807) is 66.7 Å². The number of aromatic nitrogens is 12. The zero-order chi connectivity index (χ0) is 54.6. The highest BCUT2D eigenvalue weighted by Gasteiger charge is 2.22. The van der Waals surface area contributed by atoms with Crippen molar-refractivity contribution in [3.05, 3.63) is 145 Å². The van der Waals surface area contributed by atoms with E-state index in [0.717, 1.165) is 146 Å².